The summed E-state index contributed by atoms with van der Waals surface area (Å²) >= 11 is -1.84. The lowest BCUT2D eigenvalue weighted by Crippen LogP contribution is -2.15. The summed E-state index contributed by atoms with van der Waals surface area (Å²) < 4.78 is 23.1. The third-order valence-corrected chi connectivity index (χ3v) is 4.37. The fourth-order valence-corrected chi connectivity index (χ4v) is 3.05. The van der Waals surface area contributed by atoms with Crippen molar-refractivity contribution in [3.63, 3.8) is 0 Å². The minimum atomic E-state index is -1.84. The Bertz CT molecular complexity index is 787. The van der Waals surface area contributed by atoms with Gasteiger partial charge in [0.15, 0.2) is 0 Å². The third kappa shape index (κ3) is 4.28. The molecule has 0 fully saturated rings. The van der Waals surface area contributed by atoms with Gasteiger partial charge in [0.1, 0.15) is 5.69 Å². The zero-order valence-corrected chi connectivity index (χ0v) is 15.1. The minimum Gasteiger partial charge on any atom is -0.604 e. The van der Waals surface area contributed by atoms with Crippen LogP contribution in [0.4, 0.5) is 11.5 Å². The van der Waals surface area contributed by atoms with Crippen molar-refractivity contribution >= 4 is 28.6 Å². The van der Waals surface area contributed by atoms with Crippen LogP contribution in [0.2, 0.25) is 0 Å². The maximum atomic E-state index is 12.9. The van der Waals surface area contributed by atoms with Crippen molar-refractivity contribution in [2.75, 3.05) is 25.3 Å². The number of hydrogen-bond donors (Lipinski definition) is 2. The first kappa shape index (κ1) is 18.7. The summed E-state index contributed by atoms with van der Waals surface area (Å²) in [5, 5.41) is 2.75. The monoisotopic (exact) mass is 365 g/mol. The summed E-state index contributed by atoms with van der Waals surface area (Å²) in [6.07, 6.45) is 0.567. The number of nitrogens with two attached hydrogens (primary N) is 1. The zero-order chi connectivity index (χ0) is 18.6. The highest BCUT2D eigenvalue weighted by Crippen LogP contribution is 2.29. The number of amides is 1. The molecule has 0 aliphatic rings. The first-order chi connectivity index (χ1) is 11.9. The number of carbonyl (C=O) groups is 1. The van der Waals surface area contributed by atoms with Crippen LogP contribution in [0.3, 0.4) is 0 Å². The zero-order valence-electron chi connectivity index (χ0n) is 14.3. The average molecular weight is 365 g/mol. The Balaban J connectivity index is 2.49. The van der Waals surface area contributed by atoms with Crippen LogP contribution in [0.5, 0.6) is 11.8 Å². The number of carbonyl (C=O) groups excluding carboxylic acids is 1. The van der Waals surface area contributed by atoms with Gasteiger partial charge in [-0.3, -0.25) is 4.79 Å². The Morgan fingerprint density at radius 1 is 1.28 bits per heavy atom. The van der Waals surface area contributed by atoms with Gasteiger partial charge in [-0.15, -0.1) is 0 Å². The van der Waals surface area contributed by atoms with Crippen LogP contribution in [0.15, 0.2) is 22.2 Å². The molecular weight excluding hydrogens is 346 g/mol. The fraction of sp³-hybridized carbons (Fsp3) is 0.333. The average Bonchev–Trinajstić information content (AvgIpc) is 2.59. The summed E-state index contributed by atoms with van der Waals surface area (Å²) in [6.45, 7) is 3.24. The molecule has 1 atom stereocenters. The van der Waals surface area contributed by atoms with E-state index in [1.807, 2.05) is 6.92 Å². The van der Waals surface area contributed by atoms with Crippen molar-refractivity contribution in [1.82, 2.24) is 15.0 Å². The Kier molecular flexibility index (Phi) is 5.99. The van der Waals surface area contributed by atoms with Gasteiger partial charge in [-0.1, -0.05) is 6.92 Å². The van der Waals surface area contributed by atoms with Crippen LogP contribution >= 0.6 is 0 Å². The molecule has 0 saturated heterocycles. The van der Waals surface area contributed by atoms with Crippen LogP contribution in [0.25, 0.3) is 0 Å². The predicted molar refractivity (Wildman–Crippen MR) is 92.1 cm³/mol. The van der Waals surface area contributed by atoms with Crippen molar-refractivity contribution in [2.45, 2.75) is 30.3 Å². The van der Waals surface area contributed by atoms with Gasteiger partial charge in [-0.05, 0) is 6.42 Å². The normalized spacial score (nSPS) is 11.7. The molecule has 0 radical (unpaired) electrons. The van der Waals surface area contributed by atoms with E-state index >= 15 is 0 Å². The molecule has 134 valence electrons. The van der Waals surface area contributed by atoms with E-state index in [0.29, 0.717) is 17.8 Å². The maximum absolute atomic E-state index is 12.9. The molecule has 2 rings (SSSR count). The molecule has 0 spiro atoms. The van der Waals surface area contributed by atoms with Crippen LogP contribution in [0, 0.1) is 0 Å². The Morgan fingerprint density at radius 3 is 2.56 bits per heavy atom. The van der Waals surface area contributed by atoms with Gasteiger partial charge in [-0.25, -0.2) is 4.98 Å². The van der Waals surface area contributed by atoms with Gasteiger partial charge < -0.3 is 25.1 Å². The number of methoxy groups -OCH3 is 2. The second-order valence-electron chi connectivity index (χ2n) is 4.91. The molecule has 10 heteroatoms. The summed E-state index contributed by atoms with van der Waals surface area (Å²) in [7, 11) is 2.87. The highest BCUT2D eigenvalue weighted by atomic mass is 32.2. The Labute approximate surface area is 148 Å². The smallest absolute Gasteiger partial charge is 0.297 e. The van der Waals surface area contributed by atoms with E-state index in [2.05, 4.69) is 20.3 Å². The van der Waals surface area contributed by atoms with Crippen LogP contribution in [-0.4, -0.2) is 39.6 Å². The van der Waals surface area contributed by atoms with E-state index in [-0.39, 0.29) is 33.5 Å². The second-order valence-corrected chi connectivity index (χ2v) is 6.25. The first-order valence-corrected chi connectivity index (χ1v) is 8.50. The van der Waals surface area contributed by atoms with Crippen LogP contribution in [-0.2, 0) is 22.4 Å². The van der Waals surface area contributed by atoms with Crippen molar-refractivity contribution in [3.8, 4) is 11.8 Å². The number of pyridine rings is 1. The maximum Gasteiger partial charge on any atom is 0.297 e. The number of hydrogen-bond acceptors (Lipinski definition) is 8. The highest BCUT2D eigenvalue weighted by molar-refractivity contribution is 7.91. The van der Waals surface area contributed by atoms with Gasteiger partial charge in [0.25, 0.3) is 10.1 Å². The number of nitrogens with one attached hydrogen (secondary N) is 1. The van der Waals surface area contributed by atoms with Crippen molar-refractivity contribution in [2.24, 2.45) is 0 Å². The first-order valence-electron chi connectivity index (χ1n) is 7.35. The molecule has 25 heavy (non-hydrogen) atoms. The van der Waals surface area contributed by atoms with E-state index in [9.17, 15) is 9.35 Å². The molecule has 1 amide bonds. The third-order valence-electron chi connectivity index (χ3n) is 3.13. The summed E-state index contributed by atoms with van der Waals surface area (Å²) in [6, 6.07) is 2.97. The summed E-state index contributed by atoms with van der Waals surface area (Å²) in [5.74, 6) is 0.197. The highest BCUT2D eigenvalue weighted by Gasteiger charge is 2.27. The van der Waals surface area contributed by atoms with Gasteiger partial charge in [0.2, 0.25) is 23.5 Å². The molecule has 0 aromatic carbocycles. The van der Waals surface area contributed by atoms with Crippen molar-refractivity contribution < 1.29 is 18.8 Å². The van der Waals surface area contributed by atoms with E-state index in [0.717, 1.165) is 0 Å². The lowest BCUT2D eigenvalue weighted by Gasteiger charge is -2.14. The van der Waals surface area contributed by atoms with Crippen LogP contribution < -0.4 is 20.5 Å². The molecule has 3 N–H and O–H groups in total. The lowest BCUT2D eigenvalue weighted by atomic mass is 10.3. The summed E-state index contributed by atoms with van der Waals surface area (Å²) in [5.41, 5.74) is 6.86. The molecular formula is C15H19N5O4S. The number of rotatable bonds is 6. The number of anilines is 2. The number of ether oxygens (including phenoxy) is 2. The summed E-state index contributed by atoms with van der Waals surface area (Å²) in [4.78, 5) is 23.8. The Hall–Kier alpha value is -2.59. The molecule has 0 saturated carbocycles. The molecule has 2 aromatic heterocycles. The molecule has 1 unspecified atom stereocenters. The van der Waals surface area contributed by atoms with Crippen molar-refractivity contribution in [3.05, 3.63) is 17.8 Å². The lowest BCUT2D eigenvalue weighted by molar-refractivity contribution is -0.114. The number of nitrogens with zero attached hydrogens (tertiary/aromatic N) is 3. The second kappa shape index (κ2) is 7.99. The van der Waals surface area contributed by atoms with E-state index in [1.54, 1.807) is 0 Å². The number of aryl methyl sites for hydroxylation is 1. The van der Waals surface area contributed by atoms with Crippen molar-refractivity contribution in [1.29, 1.82) is 0 Å². The minimum absolute atomic E-state index is 0.0293. The molecule has 0 aliphatic carbocycles. The van der Waals surface area contributed by atoms with Gasteiger partial charge in [0, 0.05) is 19.1 Å². The van der Waals surface area contributed by atoms with E-state index < -0.39 is 11.2 Å². The quantitative estimate of drug-likeness (QED) is 0.728. The van der Waals surface area contributed by atoms with Gasteiger partial charge in [0.05, 0.1) is 31.1 Å². The van der Waals surface area contributed by atoms with Gasteiger partial charge >= 0.3 is 0 Å². The molecule has 2 heterocycles. The number of aromatic nitrogens is 3. The van der Waals surface area contributed by atoms with E-state index in [4.69, 9.17) is 15.2 Å². The topological polar surface area (TPSA) is 135 Å². The van der Waals surface area contributed by atoms with Crippen LogP contribution in [0.1, 0.15) is 19.5 Å². The predicted octanol–water partition coefficient (Wildman–Crippen LogP) is 1.16. The largest absolute Gasteiger partial charge is 0.604 e. The molecule has 0 bridgehead atoms. The fourth-order valence-electron chi connectivity index (χ4n) is 2.04. The SMILES string of the molecule is CCc1nc(N)c([S+]([O-])c2cc(NC(C)=O)cc(OC)n2)nc1OC. The molecule has 0 aliphatic heterocycles. The number of nitrogen functional groups attached to an aromatic ring is 1. The van der Waals surface area contributed by atoms with E-state index in [1.165, 1.54) is 33.3 Å². The standard InChI is InChI=1S/C15H19N5O4S/c1-5-10-14(24-4)20-15(13(16)18-10)25(22)12-7-9(17-8(2)21)6-11(19-12)23-3/h6-7H,5H2,1-4H3,(H2,16,18)(H,17,19,21). The Morgan fingerprint density at radius 2 is 2.00 bits per heavy atom. The molecule has 2 aromatic rings. The van der Waals surface area contributed by atoms with Gasteiger partial charge in [-0.2, -0.15) is 9.97 Å². The molecule has 9 nitrogen and oxygen atoms in total.